The van der Waals surface area contributed by atoms with Crippen molar-refractivity contribution >= 4 is 15.9 Å². The zero-order valence-electron chi connectivity index (χ0n) is 8.98. The van der Waals surface area contributed by atoms with E-state index in [1.54, 1.807) is 0 Å². The molecule has 0 N–H and O–H groups in total. The van der Waals surface area contributed by atoms with Crippen molar-refractivity contribution in [3.05, 3.63) is 0 Å². The molecular formula is C11H22BrN. The molecule has 0 unspecified atom stereocenters. The van der Waals surface area contributed by atoms with Gasteiger partial charge in [0.25, 0.3) is 0 Å². The molecule has 0 aromatic rings. The highest BCUT2D eigenvalue weighted by atomic mass is 79.9. The Morgan fingerprint density at radius 1 is 1.31 bits per heavy atom. The van der Waals surface area contributed by atoms with Crippen molar-refractivity contribution in [2.75, 3.05) is 25.5 Å². The summed E-state index contributed by atoms with van der Waals surface area (Å²) in [5.74, 6) is 0. The number of halogens is 1. The molecular weight excluding hydrogens is 226 g/mol. The van der Waals surface area contributed by atoms with Crippen LogP contribution in [0.1, 0.15) is 39.0 Å². The first-order valence-electron chi connectivity index (χ1n) is 5.47. The lowest BCUT2D eigenvalue weighted by molar-refractivity contribution is 0.273. The summed E-state index contributed by atoms with van der Waals surface area (Å²) in [7, 11) is 2.26. The Hall–Kier alpha value is 0.440. The molecule has 1 aliphatic rings. The van der Waals surface area contributed by atoms with Gasteiger partial charge in [-0.3, -0.25) is 0 Å². The van der Waals surface area contributed by atoms with Crippen molar-refractivity contribution in [3.8, 4) is 0 Å². The van der Waals surface area contributed by atoms with E-state index >= 15 is 0 Å². The van der Waals surface area contributed by atoms with Crippen LogP contribution < -0.4 is 0 Å². The van der Waals surface area contributed by atoms with Gasteiger partial charge in [-0.05, 0) is 38.3 Å². The zero-order chi connectivity index (χ0) is 9.73. The molecule has 1 rings (SSSR count). The lowest BCUT2D eigenvalue weighted by Crippen LogP contribution is -2.28. The van der Waals surface area contributed by atoms with E-state index in [0.29, 0.717) is 5.41 Å². The smallest absolute Gasteiger partial charge is 0.0100 e. The number of unbranched alkanes of at least 4 members (excludes halogenated alkanes) is 2. The van der Waals surface area contributed by atoms with Crippen LogP contribution in [0.15, 0.2) is 0 Å². The third-order valence-electron chi connectivity index (χ3n) is 2.99. The molecule has 0 aliphatic heterocycles. The van der Waals surface area contributed by atoms with Crippen LogP contribution in [-0.4, -0.2) is 30.4 Å². The maximum absolute atomic E-state index is 3.62. The lowest BCUT2D eigenvalue weighted by atomic mass is 10.1. The van der Waals surface area contributed by atoms with Gasteiger partial charge in [0.1, 0.15) is 0 Å². The summed E-state index contributed by atoms with van der Waals surface area (Å²) < 4.78 is 0. The normalized spacial score (nSPS) is 19.4. The van der Waals surface area contributed by atoms with Crippen LogP contribution in [0.3, 0.4) is 0 Å². The summed E-state index contributed by atoms with van der Waals surface area (Å²) in [6.45, 7) is 4.84. The molecule has 0 radical (unpaired) electrons. The van der Waals surface area contributed by atoms with Crippen LogP contribution in [0.2, 0.25) is 0 Å². The fraction of sp³-hybridized carbons (Fsp3) is 1.00. The Labute approximate surface area is 91.0 Å². The molecule has 1 fully saturated rings. The standard InChI is InChI=1S/C11H22BrN/c1-3-4-5-8-13(2)10-11(9-12)6-7-11/h3-10H2,1-2H3. The van der Waals surface area contributed by atoms with Crippen LogP contribution in [0.5, 0.6) is 0 Å². The predicted molar refractivity (Wildman–Crippen MR) is 62.5 cm³/mol. The second-order valence-corrected chi connectivity index (χ2v) is 5.14. The molecule has 0 heterocycles. The minimum absolute atomic E-state index is 0.654. The summed E-state index contributed by atoms with van der Waals surface area (Å²) in [6.07, 6.45) is 6.93. The number of nitrogens with zero attached hydrogens (tertiary/aromatic N) is 1. The largest absolute Gasteiger partial charge is 0.306 e. The van der Waals surface area contributed by atoms with E-state index in [2.05, 4.69) is 34.8 Å². The van der Waals surface area contributed by atoms with Gasteiger partial charge < -0.3 is 4.90 Å². The second-order valence-electron chi connectivity index (χ2n) is 4.58. The van der Waals surface area contributed by atoms with Gasteiger partial charge in [0.15, 0.2) is 0 Å². The molecule has 0 amide bonds. The van der Waals surface area contributed by atoms with E-state index in [1.165, 1.54) is 50.5 Å². The molecule has 1 aliphatic carbocycles. The number of alkyl halides is 1. The molecule has 0 saturated heterocycles. The first kappa shape index (κ1) is 11.5. The Balaban J connectivity index is 2.07. The highest BCUT2D eigenvalue weighted by Gasteiger charge is 2.41. The average Bonchev–Trinajstić information content (AvgIpc) is 2.86. The van der Waals surface area contributed by atoms with Crippen molar-refractivity contribution < 1.29 is 0 Å². The number of hydrogen-bond donors (Lipinski definition) is 0. The topological polar surface area (TPSA) is 3.24 Å². The highest BCUT2D eigenvalue weighted by molar-refractivity contribution is 9.09. The van der Waals surface area contributed by atoms with Crippen molar-refractivity contribution in [3.63, 3.8) is 0 Å². The fourth-order valence-electron chi connectivity index (χ4n) is 1.79. The van der Waals surface area contributed by atoms with Crippen molar-refractivity contribution in [1.82, 2.24) is 4.90 Å². The van der Waals surface area contributed by atoms with Crippen LogP contribution in [-0.2, 0) is 0 Å². The number of rotatable bonds is 7. The van der Waals surface area contributed by atoms with Gasteiger partial charge in [-0.2, -0.15) is 0 Å². The minimum atomic E-state index is 0.654. The summed E-state index contributed by atoms with van der Waals surface area (Å²) in [4.78, 5) is 2.50. The summed E-state index contributed by atoms with van der Waals surface area (Å²) >= 11 is 3.62. The molecule has 0 aromatic heterocycles. The van der Waals surface area contributed by atoms with Gasteiger partial charge in [0, 0.05) is 11.9 Å². The quantitative estimate of drug-likeness (QED) is 0.493. The average molecular weight is 248 g/mol. The second kappa shape index (κ2) is 5.35. The van der Waals surface area contributed by atoms with Crippen LogP contribution in [0.4, 0.5) is 0 Å². The number of hydrogen-bond acceptors (Lipinski definition) is 1. The summed E-state index contributed by atoms with van der Waals surface area (Å²) in [5, 5.41) is 1.19. The third-order valence-corrected chi connectivity index (χ3v) is 4.18. The van der Waals surface area contributed by atoms with Crippen LogP contribution in [0, 0.1) is 5.41 Å². The lowest BCUT2D eigenvalue weighted by Gasteiger charge is -2.21. The van der Waals surface area contributed by atoms with Crippen molar-refractivity contribution in [2.45, 2.75) is 39.0 Å². The van der Waals surface area contributed by atoms with Crippen molar-refractivity contribution in [1.29, 1.82) is 0 Å². The first-order chi connectivity index (χ1) is 6.22. The zero-order valence-corrected chi connectivity index (χ0v) is 10.6. The van der Waals surface area contributed by atoms with E-state index < -0.39 is 0 Å². The molecule has 0 spiro atoms. The van der Waals surface area contributed by atoms with E-state index in [1.807, 2.05) is 0 Å². The Kier molecular flexibility index (Phi) is 4.74. The van der Waals surface area contributed by atoms with Gasteiger partial charge in [0.2, 0.25) is 0 Å². The van der Waals surface area contributed by atoms with Gasteiger partial charge in [-0.1, -0.05) is 35.7 Å². The molecule has 0 aromatic carbocycles. The first-order valence-corrected chi connectivity index (χ1v) is 6.59. The summed E-state index contributed by atoms with van der Waals surface area (Å²) in [5.41, 5.74) is 0.654. The van der Waals surface area contributed by atoms with E-state index in [-0.39, 0.29) is 0 Å². The van der Waals surface area contributed by atoms with Gasteiger partial charge in [0.05, 0.1) is 0 Å². The predicted octanol–water partition coefficient (Wildman–Crippen LogP) is 3.28. The molecule has 2 heteroatoms. The molecule has 0 bridgehead atoms. The van der Waals surface area contributed by atoms with E-state index in [4.69, 9.17) is 0 Å². The fourth-order valence-corrected chi connectivity index (χ4v) is 2.53. The van der Waals surface area contributed by atoms with Gasteiger partial charge >= 0.3 is 0 Å². The Morgan fingerprint density at radius 2 is 2.00 bits per heavy atom. The minimum Gasteiger partial charge on any atom is -0.306 e. The van der Waals surface area contributed by atoms with E-state index in [9.17, 15) is 0 Å². The third kappa shape index (κ3) is 3.99. The maximum atomic E-state index is 3.62. The highest BCUT2D eigenvalue weighted by Crippen LogP contribution is 2.47. The Morgan fingerprint density at radius 3 is 2.46 bits per heavy atom. The van der Waals surface area contributed by atoms with Crippen molar-refractivity contribution in [2.24, 2.45) is 5.41 Å². The van der Waals surface area contributed by atoms with Gasteiger partial charge in [-0.25, -0.2) is 0 Å². The maximum Gasteiger partial charge on any atom is 0.0100 e. The monoisotopic (exact) mass is 247 g/mol. The Bertz CT molecular complexity index is 143. The SMILES string of the molecule is CCCCCN(C)CC1(CBr)CC1. The molecule has 0 atom stereocenters. The van der Waals surface area contributed by atoms with Crippen LogP contribution >= 0.6 is 15.9 Å². The van der Waals surface area contributed by atoms with Gasteiger partial charge in [-0.15, -0.1) is 0 Å². The summed E-state index contributed by atoms with van der Waals surface area (Å²) in [6, 6.07) is 0. The van der Waals surface area contributed by atoms with E-state index in [0.717, 1.165) is 0 Å². The molecule has 1 nitrogen and oxygen atoms in total. The van der Waals surface area contributed by atoms with Crippen LogP contribution in [0.25, 0.3) is 0 Å². The molecule has 78 valence electrons. The molecule has 1 saturated carbocycles. The molecule has 13 heavy (non-hydrogen) atoms.